The van der Waals surface area contributed by atoms with Crippen LogP contribution >= 0.6 is 0 Å². The minimum absolute atomic E-state index is 0.0919. The molecular formula is C29H39N5O4. The molecule has 1 amide bonds. The molecule has 0 saturated carbocycles. The number of primary amides is 1. The van der Waals surface area contributed by atoms with Gasteiger partial charge in [0.2, 0.25) is 5.91 Å². The fourth-order valence-corrected chi connectivity index (χ4v) is 4.67. The summed E-state index contributed by atoms with van der Waals surface area (Å²) in [5.41, 5.74) is 6.62. The molecule has 1 saturated heterocycles. The van der Waals surface area contributed by atoms with Crippen LogP contribution in [0.2, 0.25) is 0 Å². The molecule has 0 spiro atoms. The quantitative estimate of drug-likeness (QED) is 0.183. The molecule has 0 bridgehead atoms. The molecule has 2 aromatic heterocycles. The topological polar surface area (TPSA) is 114 Å². The molecule has 204 valence electrons. The molecule has 9 nitrogen and oxygen atoms in total. The second-order valence-electron chi connectivity index (χ2n) is 9.69. The van der Waals surface area contributed by atoms with Crippen molar-refractivity contribution in [2.75, 3.05) is 13.2 Å². The van der Waals surface area contributed by atoms with Crippen molar-refractivity contribution < 1.29 is 19.1 Å². The third kappa shape index (κ3) is 8.01. The van der Waals surface area contributed by atoms with Gasteiger partial charge in [0, 0.05) is 49.1 Å². The van der Waals surface area contributed by atoms with Gasteiger partial charge in [-0.3, -0.25) is 9.78 Å². The summed E-state index contributed by atoms with van der Waals surface area (Å²) in [5, 5.41) is 3.64. The summed E-state index contributed by atoms with van der Waals surface area (Å²) in [7, 11) is 0. The molecule has 6 atom stereocenters. The number of rotatable bonds is 13. The summed E-state index contributed by atoms with van der Waals surface area (Å²) in [6.45, 7) is 14.9. The Morgan fingerprint density at radius 1 is 1.32 bits per heavy atom. The molecule has 3 heterocycles. The molecule has 0 aliphatic carbocycles. The second-order valence-corrected chi connectivity index (χ2v) is 9.69. The predicted octanol–water partition coefficient (Wildman–Crippen LogP) is 4.21. The van der Waals surface area contributed by atoms with E-state index in [1.807, 2.05) is 25.3 Å². The van der Waals surface area contributed by atoms with Crippen molar-refractivity contribution in [2.45, 2.75) is 64.9 Å². The lowest BCUT2D eigenvalue weighted by atomic mass is 9.80. The van der Waals surface area contributed by atoms with Gasteiger partial charge in [-0.05, 0) is 50.2 Å². The van der Waals surface area contributed by atoms with Gasteiger partial charge in [0.25, 0.3) is 0 Å². The number of ether oxygens (including phenoxy) is 2. The van der Waals surface area contributed by atoms with Crippen molar-refractivity contribution in [3.63, 3.8) is 0 Å². The van der Waals surface area contributed by atoms with E-state index in [4.69, 9.17) is 20.0 Å². The lowest BCUT2D eigenvalue weighted by Gasteiger charge is -2.33. The molecular weight excluding hydrogens is 482 g/mol. The highest BCUT2D eigenvalue weighted by molar-refractivity contribution is 5.76. The van der Waals surface area contributed by atoms with Crippen molar-refractivity contribution in [3.8, 4) is 11.8 Å². The van der Waals surface area contributed by atoms with E-state index < -0.39 is 5.91 Å². The Balaban J connectivity index is 1.77. The third-order valence-corrected chi connectivity index (χ3v) is 7.07. The van der Waals surface area contributed by atoms with Crippen LogP contribution in [0.25, 0.3) is 0 Å². The van der Waals surface area contributed by atoms with Crippen LogP contribution in [0, 0.1) is 29.6 Å². The molecule has 3 rings (SSSR count). The molecule has 1 aliphatic rings. The summed E-state index contributed by atoms with van der Waals surface area (Å²) in [6, 6.07) is 3.51. The number of oxime groups is 1. The first-order chi connectivity index (χ1) is 18.3. The molecule has 0 aromatic carbocycles. The van der Waals surface area contributed by atoms with Crippen molar-refractivity contribution >= 4 is 12.6 Å². The maximum absolute atomic E-state index is 11.1. The number of hydrogen-bond donors (Lipinski definition) is 1. The van der Waals surface area contributed by atoms with E-state index in [-0.39, 0.29) is 42.6 Å². The van der Waals surface area contributed by atoms with E-state index >= 15 is 0 Å². The average Bonchev–Trinajstić information content (AvgIpc) is 3.40. The minimum atomic E-state index is -0.416. The second kappa shape index (κ2) is 14.5. The first kappa shape index (κ1) is 29.1. The SMILES string of the molecule is C=C[C@@H](C#Cc1ccc(CC(N)=O)nc1)[C@@H](C)[C@@H](C)C(CON=C)n1ccnc1[C@H](C)OC1CCCCO1. The monoisotopic (exact) mass is 521 g/mol. The number of carbonyl (C=O) groups is 1. The van der Waals surface area contributed by atoms with Gasteiger partial charge in [0.05, 0.1) is 12.5 Å². The van der Waals surface area contributed by atoms with E-state index in [2.05, 4.69) is 58.7 Å². The summed E-state index contributed by atoms with van der Waals surface area (Å²) < 4.78 is 14.1. The van der Waals surface area contributed by atoms with Crippen LogP contribution in [0.4, 0.5) is 0 Å². The Morgan fingerprint density at radius 3 is 2.76 bits per heavy atom. The molecule has 0 radical (unpaired) electrons. The third-order valence-electron chi connectivity index (χ3n) is 7.07. The highest BCUT2D eigenvalue weighted by Gasteiger charge is 2.31. The maximum Gasteiger partial charge on any atom is 0.223 e. The number of carbonyl (C=O) groups excluding carboxylic acids is 1. The normalized spacial score (nSPS) is 19.2. The number of hydrogen-bond acceptors (Lipinski definition) is 7. The molecule has 1 aliphatic heterocycles. The van der Waals surface area contributed by atoms with Crippen molar-refractivity contribution in [2.24, 2.45) is 28.6 Å². The number of nitrogens with two attached hydrogens (primary N) is 1. The van der Waals surface area contributed by atoms with Gasteiger partial charge in [-0.1, -0.05) is 31.8 Å². The average molecular weight is 522 g/mol. The maximum atomic E-state index is 11.1. The number of nitrogens with zero attached hydrogens (tertiary/aromatic N) is 4. The van der Waals surface area contributed by atoms with Crippen LogP contribution in [0.1, 0.15) is 69.3 Å². The molecule has 2 N–H and O–H groups in total. The largest absolute Gasteiger partial charge is 0.394 e. The Labute approximate surface area is 225 Å². The van der Waals surface area contributed by atoms with Crippen LogP contribution < -0.4 is 5.73 Å². The van der Waals surface area contributed by atoms with Gasteiger partial charge < -0.3 is 24.6 Å². The molecule has 2 unspecified atom stereocenters. The molecule has 1 fully saturated rings. The van der Waals surface area contributed by atoms with Crippen molar-refractivity contribution in [3.05, 3.63) is 60.5 Å². The molecule has 38 heavy (non-hydrogen) atoms. The van der Waals surface area contributed by atoms with E-state index in [1.165, 1.54) is 0 Å². The van der Waals surface area contributed by atoms with E-state index in [9.17, 15) is 4.79 Å². The summed E-state index contributed by atoms with van der Waals surface area (Å²) in [4.78, 5) is 25.4. The van der Waals surface area contributed by atoms with Crippen LogP contribution in [-0.4, -0.2) is 46.7 Å². The van der Waals surface area contributed by atoms with Gasteiger partial charge in [-0.15, -0.1) is 11.7 Å². The van der Waals surface area contributed by atoms with Crippen LogP contribution in [0.15, 0.2) is 48.5 Å². The Morgan fingerprint density at radius 2 is 2.13 bits per heavy atom. The zero-order chi connectivity index (χ0) is 27.5. The number of amides is 1. The Kier molecular flexibility index (Phi) is 11.1. The van der Waals surface area contributed by atoms with Gasteiger partial charge in [0.15, 0.2) is 6.29 Å². The number of imidazole rings is 1. The smallest absolute Gasteiger partial charge is 0.223 e. The molecule has 9 heteroatoms. The number of pyridine rings is 1. The Hall–Kier alpha value is -3.48. The van der Waals surface area contributed by atoms with Crippen molar-refractivity contribution in [1.29, 1.82) is 0 Å². The van der Waals surface area contributed by atoms with Crippen molar-refractivity contribution in [1.82, 2.24) is 14.5 Å². The molecule has 2 aromatic rings. The first-order valence-electron chi connectivity index (χ1n) is 13.1. The highest BCUT2D eigenvalue weighted by Crippen LogP contribution is 2.34. The van der Waals surface area contributed by atoms with E-state index in [0.29, 0.717) is 12.3 Å². The first-order valence-corrected chi connectivity index (χ1v) is 13.1. The van der Waals surface area contributed by atoms with Gasteiger partial charge in [-0.25, -0.2) is 4.98 Å². The highest BCUT2D eigenvalue weighted by atomic mass is 16.7. The summed E-state index contributed by atoms with van der Waals surface area (Å²) in [6.07, 6.45) is 9.93. The van der Waals surface area contributed by atoms with Gasteiger partial charge in [0.1, 0.15) is 18.5 Å². The van der Waals surface area contributed by atoms with Gasteiger partial charge in [-0.2, -0.15) is 0 Å². The zero-order valence-electron chi connectivity index (χ0n) is 22.6. The fourth-order valence-electron chi connectivity index (χ4n) is 4.67. The summed E-state index contributed by atoms with van der Waals surface area (Å²) >= 11 is 0. The van der Waals surface area contributed by atoms with Crippen LogP contribution in [0.5, 0.6) is 0 Å². The standard InChI is InChI=1S/C29H39N5O4/c1-6-24(12-10-23-11-13-25(33-18-23)17-27(30)35)20(2)21(3)26(19-37-31-5)34-15-14-32-29(34)22(4)38-28-9-7-8-16-36-28/h6,11,13-15,18,20-22,24,26,28H,1,5,7-9,16-17,19H2,2-4H3,(H2,30,35)/t20-,21+,22-,24-,26?,28?/m0/s1. The van der Waals surface area contributed by atoms with E-state index in [0.717, 1.165) is 37.3 Å². The number of aromatic nitrogens is 3. The summed E-state index contributed by atoms with van der Waals surface area (Å²) in [5.74, 6) is 7.05. The van der Waals surface area contributed by atoms with Crippen LogP contribution in [-0.2, 0) is 25.5 Å². The number of allylic oxidation sites excluding steroid dienone is 1. The predicted molar refractivity (Wildman–Crippen MR) is 146 cm³/mol. The Bertz CT molecular complexity index is 1110. The van der Waals surface area contributed by atoms with Crippen LogP contribution in [0.3, 0.4) is 0 Å². The van der Waals surface area contributed by atoms with E-state index in [1.54, 1.807) is 18.5 Å². The minimum Gasteiger partial charge on any atom is -0.394 e. The lowest BCUT2D eigenvalue weighted by Crippen LogP contribution is -2.31. The van der Waals surface area contributed by atoms with Gasteiger partial charge >= 0.3 is 0 Å². The fraction of sp³-hybridized carbons (Fsp3) is 0.517. The lowest BCUT2D eigenvalue weighted by molar-refractivity contribution is -0.188. The zero-order valence-corrected chi connectivity index (χ0v) is 22.6.